The van der Waals surface area contributed by atoms with E-state index in [4.69, 9.17) is 0 Å². The molecule has 0 bridgehead atoms. The van der Waals surface area contributed by atoms with Crippen LogP contribution in [0.5, 0.6) is 11.6 Å². The van der Waals surface area contributed by atoms with Gasteiger partial charge in [-0.05, 0) is 6.07 Å². The molecule has 0 aliphatic heterocycles. The molecule has 20 heavy (non-hydrogen) atoms. The predicted octanol–water partition coefficient (Wildman–Crippen LogP) is 3.95. The first-order valence-electron chi connectivity index (χ1n) is 4.65. The summed E-state index contributed by atoms with van der Waals surface area (Å²) in [6, 6.07) is 0.0988. The molecule has 0 atom stereocenters. The van der Waals surface area contributed by atoms with Crippen LogP contribution in [-0.2, 0) is 6.18 Å². The lowest BCUT2D eigenvalue weighted by atomic mass is 10.2. The van der Waals surface area contributed by atoms with Crippen molar-refractivity contribution in [1.29, 1.82) is 0 Å². The summed E-state index contributed by atoms with van der Waals surface area (Å²) < 4.78 is 106. The van der Waals surface area contributed by atoms with E-state index in [1.54, 1.807) is 0 Å². The molecule has 0 aliphatic rings. The van der Waals surface area contributed by atoms with Gasteiger partial charge in [-0.2, -0.15) is 13.2 Å². The van der Waals surface area contributed by atoms with E-state index in [0.717, 1.165) is 7.11 Å². The first kappa shape index (κ1) is 16.2. The standard InChI is InChI=1S/C9H5F8NO2/c1-19-4-2-3(6(10)11)7(20-9(15,16)17)18-5(4)8(12,13)14/h2,6H,1H3. The Bertz CT molecular complexity index is 482. The molecule has 0 amide bonds. The Kier molecular flexibility index (Phi) is 4.30. The van der Waals surface area contributed by atoms with Gasteiger partial charge in [0.05, 0.1) is 12.7 Å². The molecule has 0 aromatic carbocycles. The second-order valence-corrected chi connectivity index (χ2v) is 3.28. The Morgan fingerprint density at radius 2 is 1.65 bits per heavy atom. The van der Waals surface area contributed by atoms with Crippen molar-refractivity contribution in [3.05, 3.63) is 17.3 Å². The lowest BCUT2D eigenvalue weighted by Crippen LogP contribution is -2.21. The molecule has 1 rings (SSSR count). The molecule has 0 N–H and O–H groups in total. The third kappa shape index (κ3) is 3.84. The Morgan fingerprint density at radius 1 is 1.10 bits per heavy atom. The third-order valence-corrected chi connectivity index (χ3v) is 1.92. The molecule has 1 heterocycles. The zero-order valence-corrected chi connectivity index (χ0v) is 9.44. The first-order chi connectivity index (χ1) is 8.95. The molecule has 0 unspecified atom stereocenters. The van der Waals surface area contributed by atoms with E-state index in [1.807, 2.05) is 0 Å². The van der Waals surface area contributed by atoms with Crippen LogP contribution in [0.2, 0.25) is 0 Å². The maximum Gasteiger partial charge on any atom is 0.574 e. The highest BCUT2D eigenvalue weighted by atomic mass is 19.4. The number of hydrogen-bond acceptors (Lipinski definition) is 3. The molecule has 114 valence electrons. The van der Waals surface area contributed by atoms with Gasteiger partial charge in [-0.1, -0.05) is 0 Å². The van der Waals surface area contributed by atoms with Crippen molar-refractivity contribution in [2.24, 2.45) is 0 Å². The normalized spacial score (nSPS) is 12.7. The maximum absolute atomic E-state index is 12.5. The van der Waals surface area contributed by atoms with Crippen LogP contribution in [0, 0.1) is 0 Å². The van der Waals surface area contributed by atoms with E-state index < -0.39 is 41.9 Å². The van der Waals surface area contributed by atoms with E-state index in [1.165, 1.54) is 0 Å². The van der Waals surface area contributed by atoms with Gasteiger partial charge >= 0.3 is 12.5 Å². The van der Waals surface area contributed by atoms with E-state index in [0.29, 0.717) is 0 Å². The van der Waals surface area contributed by atoms with E-state index in [2.05, 4.69) is 14.5 Å². The smallest absolute Gasteiger partial charge is 0.494 e. The van der Waals surface area contributed by atoms with Crippen molar-refractivity contribution in [1.82, 2.24) is 4.98 Å². The number of halogens is 8. The summed E-state index contributed by atoms with van der Waals surface area (Å²) in [5.74, 6) is -3.01. The van der Waals surface area contributed by atoms with Crippen LogP contribution >= 0.6 is 0 Å². The lowest BCUT2D eigenvalue weighted by Gasteiger charge is -2.16. The maximum atomic E-state index is 12.5. The molecule has 0 saturated carbocycles. The number of ether oxygens (including phenoxy) is 2. The lowest BCUT2D eigenvalue weighted by molar-refractivity contribution is -0.277. The highest BCUT2D eigenvalue weighted by Crippen LogP contribution is 2.41. The van der Waals surface area contributed by atoms with E-state index in [9.17, 15) is 35.1 Å². The number of methoxy groups -OCH3 is 1. The van der Waals surface area contributed by atoms with Gasteiger partial charge in [-0.15, -0.1) is 13.2 Å². The Hall–Kier alpha value is -1.81. The predicted molar refractivity (Wildman–Crippen MR) is 47.4 cm³/mol. The van der Waals surface area contributed by atoms with Crippen molar-refractivity contribution >= 4 is 0 Å². The minimum atomic E-state index is -5.46. The summed E-state index contributed by atoms with van der Waals surface area (Å²) in [7, 11) is 0.728. The van der Waals surface area contributed by atoms with Crippen molar-refractivity contribution in [3.63, 3.8) is 0 Å². The van der Waals surface area contributed by atoms with Crippen molar-refractivity contribution in [2.75, 3.05) is 7.11 Å². The van der Waals surface area contributed by atoms with Crippen LogP contribution < -0.4 is 9.47 Å². The van der Waals surface area contributed by atoms with E-state index >= 15 is 0 Å². The molecule has 3 nitrogen and oxygen atoms in total. The van der Waals surface area contributed by atoms with Crippen LogP contribution in [0.25, 0.3) is 0 Å². The summed E-state index contributed by atoms with van der Waals surface area (Å²) in [5, 5.41) is 0. The van der Waals surface area contributed by atoms with Gasteiger partial charge in [0.15, 0.2) is 5.69 Å². The summed E-state index contributed by atoms with van der Waals surface area (Å²) in [6.45, 7) is 0. The van der Waals surface area contributed by atoms with Crippen LogP contribution in [0.15, 0.2) is 6.07 Å². The number of nitrogens with zero attached hydrogens (tertiary/aromatic N) is 1. The van der Waals surface area contributed by atoms with Gasteiger partial charge in [0.1, 0.15) is 5.75 Å². The van der Waals surface area contributed by atoms with Gasteiger partial charge in [-0.25, -0.2) is 13.8 Å². The monoisotopic (exact) mass is 311 g/mol. The highest BCUT2D eigenvalue weighted by Gasteiger charge is 2.41. The molecule has 0 radical (unpaired) electrons. The molecular weight excluding hydrogens is 306 g/mol. The Labute approximate surface area is 106 Å². The summed E-state index contributed by atoms with van der Waals surface area (Å²) >= 11 is 0. The molecule has 0 saturated heterocycles. The number of aromatic nitrogens is 1. The van der Waals surface area contributed by atoms with Crippen LogP contribution in [0.4, 0.5) is 35.1 Å². The topological polar surface area (TPSA) is 31.4 Å². The minimum Gasteiger partial charge on any atom is -0.494 e. The van der Waals surface area contributed by atoms with Gasteiger partial charge in [0, 0.05) is 0 Å². The number of alkyl halides is 8. The summed E-state index contributed by atoms with van der Waals surface area (Å²) in [5.41, 5.74) is -3.36. The van der Waals surface area contributed by atoms with Crippen molar-refractivity contribution in [2.45, 2.75) is 19.0 Å². The summed E-state index contributed by atoms with van der Waals surface area (Å²) in [4.78, 5) is 2.45. The minimum absolute atomic E-state index is 0.0988. The molecule has 0 fully saturated rings. The zero-order valence-electron chi connectivity index (χ0n) is 9.44. The second kappa shape index (κ2) is 5.29. The first-order valence-corrected chi connectivity index (χ1v) is 4.65. The van der Waals surface area contributed by atoms with Crippen LogP contribution in [0.3, 0.4) is 0 Å². The number of hydrogen-bond donors (Lipinski definition) is 0. The van der Waals surface area contributed by atoms with Gasteiger partial charge in [0.2, 0.25) is 5.88 Å². The number of rotatable bonds is 3. The van der Waals surface area contributed by atoms with Gasteiger partial charge in [-0.3, -0.25) is 0 Å². The highest BCUT2D eigenvalue weighted by molar-refractivity contribution is 5.41. The SMILES string of the molecule is COc1cc(C(F)F)c(OC(F)(F)F)nc1C(F)(F)F. The van der Waals surface area contributed by atoms with Crippen molar-refractivity contribution in [3.8, 4) is 11.6 Å². The largest absolute Gasteiger partial charge is 0.574 e. The second-order valence-electron chi connectivity index (χ2n) is 3.28. The molecule has 0 aliphatic carbocycles. The fourth-order valence-electron chi connectivity index (χ4n) is 1.20. The molecule has 11 heteroatoms. The zero-order chi connectivity index (χ0) is 15.7. The van der Waals surface area contributed by atoms with E-state index in [-0.39, 0.29) is 6.07 Å². The number of pyridine rings is 1. The average molecular weight is 311 g/mol. The quantitative estimate of drug-likeness (QED) is 0.792. The van der Waals surface area contributed by atoms with Crippen LogP contribution in [0.1, 0.15) is 17.7 Å². The molecular formula is C9H5F8NO2. The Morgan fingerprint density at radius 3 is 2.00 bits per heavy atom. The van der Waals surface area contributed by atoms with Crippen molar-refractivity contribution < 1.29 is 44.6 Å². The third-order valence-electron chi connectivity index (χ3n) is 1.92. The molecule has 0 spiro atoms. The van der Waals surface area contributed by atoms with Crippen LogP contribution in [-0.4, -0.2) is 18.5 Å². The van der Waals surface area contributed by atoms with Gasteiger partial charge < -0.3 is 9.47 Å². The molecule has 1 aromatic rings. The van der Waals surface area contributed by atoms with Gasteiger partial charge in [0.25, 0.3) is 6.43 Å². The summed E-state index contributed by atoms with van der Waals surface area (Å²) in [6.07, 6.45) is -14.2. The Balaban J connectivity index is 3.47. The molecule has 1 aromatic heterocycles. The fourth-order valence-corrected chi connectivity index (χ4v) is 1.20. The fraction of sp³-hybridized carbons (Fsp3) is 0.444. The average Bonchev–Trinajstić information content (AvgIpc) is 2.24.